The van der Waals surface area contributed by atoms with E-state index in [2.05, 4.69) is 15.5 Å². The molecule has 2 aromatic carbocycles. The van der Waals surface area contributed by atoms with Crippen LogP contribution in [0.3, 0.4) is 0 Å². The molecule has 0 spiro atoms. The van der Waals surface area contributed by atoms with Crippen LogP contribution in [0.15, 0.2) is 53.6 Å². The molecule has 0 aliphatic heterocycles. The molecule has 0 aliphatic rings. The normalized spacial score (nSPS) is 11.0. The minimum absolute atomic E-state index is 0.00681. The van der Waals surface area contributed by atoms with Gasteiger partial charge in [0.1, 0.15) is 0 Å². The first-order valence-corrected chi connectivity index (χ1v) is 7.65. The molecule has 25 heavy (non-hydrogen) atoms. The van der Waals surface area contributed by atoms with E-state index in [0.717, 1.165) is 10.9 Å². The van der Waals surface area contributed by atoms with E-state index in [4.69, 9.17) is 4.74 Å². The molecule has 6 heteroatoms. The molecule has 1 heterocycles. The number of aromatic nitrogens is 1. The minimum atomic E-state index is -0.343. The number of ether oxygens (including phenoxy) is 1. The molecule has 126 valence electrons. The third kappa shape index (κ3) is 3.58. The highest BCUT2D eigenvalue weighted by molar-refractivity contribution is 5.99. The molecule has 6 nitrogen and oxygen atoms in total. The van der Waals surface area contributed by atoms with Gasteiger partial charge in [-0.25, -0.2) is 5.43 Å². The van der Waals surface area contributed by atoms with Gasteiger partial charge in [0.25, 0.3) is 5.91 Å². The van der Waals surface area contributed by atoms with Gasteiger partial charge in [-0.2, -0.15) is 5.10 Å². The quantitative estimate of drug-likeness (QED) is 0.567. The third-order valence-corrected chi connectivity index (χ3v) is 3.74. The number of benzene rings is 2. The maximum atomic E-state index is 12.3. The molecule has 0 radical (unpaired) electrons. The largest absolute Gasteiger partial charge is 0.504 e. The van der Waals surface area contributed by atoms with Crippen LogP contribution in [-0.4, -0.2) is 29.3 Å². The molecular formula is C19H17N3O3. The number of fused-ring (bicyclic) bond motifs is 1. The molecule has 1 aromatic heterocycles. The highest BCUT2D eigenvalue weighted by Crippen LogP contribution is 2.25. The second kappa shape index (κ2) is 7.00. The number of nitrogens with zero attached hydrogens (tertiary/aromatic N) is 2. The number of phenols is 1. The fraction of sp³-hybridized carbons (Fsp3) is 0.105. The van der Waals surface area contributed by atoms with Gasteiger partial charge in [-0.05, 0) is 42.8 Å². The topological polar surface area (TPSA) is 83.8 Å². The summed E-state index contributed by atoms with van der Waals surface area (Å²) in [5.74, 6) is 0.0381. The van der Waals surface area contributed by atoms with Crippen molar-refractivity contribution in [2.45, 2.75) is 6.92 Å². The summed E-state index contributed by atoms with van der Waals surface area (Å²) in [4.78, 5) is 16.8. The average molecular weight is 335 g/mol. The van der Waals surface area contributed by atoms with Gasteiger partial charge >= 0.3 is 0 Å². The molecule has 2 N–H and O–H groups in total. The summed E-state index contributed by atoms with van der Waals surface area (Å²) < 4.78 is 4.98. The van der Waals surface area contributed by atoms with Crippen molar-refractivity contribution in [3.8, 4) is 11.5 Å². The van der Waals surface area contributed by atoms with Crippen molar-refractivity contribution in [2.24, 2.45) is 5.10 Å². The lowest BCUT2D eigenvalue weighted by molar-refractivity contribution is 0.0954. The second-order valence-electron chi connectivity index (χ2n) is 5.44. The lowest BCUT2D eigenvalue weighted by Gasteiger charge is -2.06. The van der Waals surface area contributed by atoms with Crippen LogP contribution in [0.2, 0.25) is 0 Å². The zero-order valence-electron chi connectivity index (χ0n) is 13.9. The van der Waals surface area contributed by atoms with Gasteiger partial charge in [0, 0.05) is 5.39 Å². The first-order chi connectivity index (χ1) is 12.1. The van der Waals surface area contributed by atoms with Crippen LogP contribution in [0, 0.1) is 6.92 Å². The maximum absolute atomic E-state index is 12.3. The molecule has 1 amide bonds. The summed E-state index contributed by atoms with van der Waals surface area (Å²) in [5.41, 5.74) is 5.05. The monoisotopic (exact) mass is 335 g/mol. The number of aromatic hydroxyl groups is 1. The van der Waals surface area contributed by atoms with E-state index in [1.165, 1.54) is 19.4 Å². The van der Waals surface area contributed by atoms with E-state index in [1.54, 1.807) is 25.1 Å². The van der Waals surface area contributed by atoms with Crippen molar-refractivity contribution in [1.82, 2.24) is 10.4 Å². The van der Waals surface area contributed by atoms with Crippen molar-refractivity contribution < 1.29 is 14.6 Å². The Kier molecular flexibility index (Phi) is 4.61. The number of rotatable bonds is 4. The fourth-order valence-corrected chi connectivity index (χ4v) is 2.46. The number of carbonyl (C=O) groups excluding carboxylic acids is 1. The third-order valence-electron chi connectivity index (χ3n) is 3.74. The predicted molar refractivity (Wildman–Crippen MR) is 96.2 cm³/mol. The number of phenolic OH excluding ortho intramolecular Hbond substituents is 1. The van der Waals surface area contributed by atoms with Crippen LogP contribution in [0.25, 0.3) is 10.9 Å². The summed E-state index contributed by atoms with van der Waals surface area (Å²) in [6, 6.07) is 14.2. The maximum Gasteiger partial charge on any atom is 0.273 e. The molecule has 0 bridgehead atoms. The molecule has 0 fully saturated rings. The summed E-state index contributed by atoms with van der Waals surface area (Å²) in [7, 11) is 1.48. The molecule has 0 aliphatic carbocycles. The van der Waals surface area contributed by atoms with Crippen LogP contribution < -0.4 is 10.2 Å². The van der Waals surface area contributed by atoms with Gasteiger partial charge in [-0.15, -0.1) is 0 Å². The van der Waals surface area contributed by atoms with Crippen LogP contribution in [-0.2, 0) is 0 Å². The van der Waals surface area contributed by atoms with Gasteiger partial charge < -0.3 is 9.84 Å². The highest BCUT2D eigenvalue weighted by atomic mass is 16.5. The number of hydrogen-bond donors (Lipinski definition) is 2. The number of amides is 1. The number of pyridine rings is 1. The number of methoxy groups -OCH3 is 1. The Labute approximate surface area is 144 Å². The van der Waals surface area contributed by atoms with Gasteiger partial charge in [-0.1, -0.05) is 18.2 Å². The van der Waals surface area contributed by atoms with Crippen LogP contribution in [0.4, 0.5) is 0 Å². The Bertz CT molecular complexity index is 967. The standard InChI is InChI=1S/C19H17N3O3/c1-12-15(10-14-5-3-4-6-16(14)21-12)19(24)22-20-11-13-7-8-18(25-2)17(23)9-13/h3-11,23H,1-2H3,(H,22,24)/b20-11-. The lowest BCUT2D eigenvalue weighted by atomic mass is 10.1. The van der Waals surface area contributed by atoms with Crippen LogP contribution >= 0.6 is 0 Å². The number of hydrazone groups is 1. The molecule has 3 rings (SSSR count). The van der Waals surface area contributed by atoms with Crippen molar-refractivity contribution in [1.29, 1.82) is 0 Å². The zero-order chi connectivity index (χ0) is 17.8. The second-order valence-corrected chi connectivity index (χ2v) is 5.44. The molecule has 0 saturated heterocycles. The van der Waals surface area contributed by atoms with Gasteiger partial charge in [0.15, 0.2) is 11.5 Å². The van der Waals surface area contributed by atoms with Crippen molar-refractivity contribution in [3.05, 3.63) is 65.4 Å². The number of para-hydroxylation sites is 1. The van der Waals surface area contributed by atoms with Crippen molar-refractivity contribution in [2.75, 3.05) is 7.11 Å². The molecule has 0 unspecified atom stereocenters. The number of aryl methyl sites for hydroxylation is 1. The van der Waals surface area contributed by atoms with E-state index < -0.39 is 0 Å². The van der Waals surface area contributed by atoms with Crippen molar-refractivity contribution >= 4 is 23.0 Å². The van der Waals surface area contributed by atoms with E-state index in [1.807, 2.05) is 24.3 Å². The summed E-state index contributed by atoms with van der Waals surface area (Å²) in [5, 5.41) is 14.6. The SMILES string of the molecule is COc1ccc(/C=N\NC(=O)c2cc3ccccc3nc2C)cc1O. The Morgan fingerprint density at radius 3 is 2.80 bits per heavy atom. The van der Waals surface area contributed by atoms with E-state index in [9.17, 15) is 9.90 Å². The summed E-state index contributed by atoms with van der Waals surface area (Å²) >= 11 is 0. The number of hydrogen-bond acceptors (Lipinski definition) is 5. The molecule has 0 saturated carbocycles. The van der Waals surface area contributed by atoms with Gasteiger partial charge in [-0.3, -0.25) is 9.78 Å². The zero-order valence-corrected chi connectivity index (χ0v) is 13.9. The first-order valence-electron chi connectivity index (χ1n) is 7.65. The Balaban J connectivity index is 1.76. The Morgan fingerprint density at radius 2 is 2.04 bits per heavy atom. The minimum Gasteiger partial charge on any atom is -0.504 e. The molecule has 0 atom stereocenters. The number of nitrogens with one attached hydrogen (secondary N) is 1. The lowest BCUT2D eigenvalue weighted by Crippen LogP contribution is -2.19. The van der Waals surface area contributed by atoms with E-state index >= 15 is 0 Å². The summed E-state index contributed by atoms with van der Waals surface area (Å²) in [6.45, 7) is 1.78. The Morgan fingerprint density at radius 1 is 1.24 bits per heavy atom. The van der Waals surface area contributed by atoms with E-state index in [-0.39, 0.29) is 11.7 Å². The smallest absolute Gasteiger partial charge is 0.273 e. The van der Waals surface area contributed by atoms with E-state index in [0.29, 0.717) is 22.6 Å². The molecular weight excluding hydrogens is 318 g/mol. The van der Waals surface area contributed by atoms with Crippen LogP contribution in [0.1, 0.15) is 21.6 Å². The number of carbonyl (C=O) groups is 1. The van der Waals surface area contributed by atoms with Crippen molar-refractivity contribution in [3.63, 3.8) is 0 Å². The summed E-state index contributed by atoms with van der Waals surface area (Å²) in [6.07, 6.45) is 1.45. The van der Waals surface area contributed by atoms with Gasteiger partial charge in [0.05, 0.1) is 30.1 Å². The van der Waals surface area contributed by atoms with Gasteiger partial charge in [0.2, 0.25) is 0 Å². The fourth-order valence-electron chi connectivity index (χ4n) is 2.46. The first kappa shape index (κ1) is 16.4. The Hall–Kier alpha value is -3.41. The molecule has 3 aromatic rings. The highest BCUT2D eigenvalue weighted by Gasteiger charge is 2.10. The average Bonchev–Trinajstić information content (AvgIpc) is 2.61. The predicted octanol–water partition coefficient (Wildman–Crippen LogP) is 3.02. The van der Waals surface area contributed by atoms with Crippen LogP contribution in [0.5, 0.6) is 11.5 Å².